The van der Waals surface area contributed by atoms with Gasteiger partial charge >= 0.3 is 0 Å². The van der Waals surface area contributed by atoms with Crippen molar-refractivity contribution in [2.45, 2.75) is 38.1 Å². The molecule has 0 aliphatic carbocycles. The molecule has 0 aliphatic heterocycles. The zero-order valence-corrected chi connectivity index (χ0v) is 18.1. The number of carbonyl (C=O) groups is 1. The molecule has 0 unspecified atom stereocenters. The lowest BCUT2D eigenvalue weighted by atomic mass is 10.0. The van der Waals surface area contributed by atoms with Crippen LogP contribution in [-0.4, -0.2) is 21.9 Å². The van der Waals surface area contributed by atoms with Crippen molar-refractivity contribution in [2.24, 2.45) is 0 Å². The Morgan fingerprint density at radius 3 is 2.61 bits per heavy atom. The number of benzene rings is 2. The summed E-state index contributed by atoms with van der Waals surface area (Å²) in [7, 11) is 0. The number of para-hydroxylation sites is 1. The van der Waals surface area contributed by atoms with Gasteiger partial charge in [-0.25, -0.2) is 0 Å². The first kappa shape index (κ1) is 20.4. The number of nitrogens with zero attached hydrogens (tertiary/aromatic N) is 2. The fraction of sp³-hybridized carbons (Fsp3) is 0.286. The Hall–Kier alpha value is -2.38. The van der Waals surface area contributed by atoms with Crippen molar-refractivity contribution in [1.82, 2.24) is 15.5 Å². The molecule has 0 bridgehead atoms. The number of hydrogen-bond donors (Lipinski definition) is 2. The smallest absolute Gasteiger partial charge is 0.230 e. The summed E-state index contributed by atoms with van der Waals surface area (Å²) in [5.74, 6) is 0.299. The molecule has 1 heterocycles. The van der Waals surface area contributed by atoms with Crippen LogP contribution in [0.3, 0.4) is 0 Å². The molecule has 7 heteroatoms. The third kappa shape index (κ3) is 5.33. The van der Waals surface area contributed by atoms with Gasteiger partial charge in [-0.3, -0.25) is 4.79 Å². The minimum atomic E-state index is -0.0277. The number of hydrogen-bond acceptors (Lipinski definition) is 6. The number of anilines is 2. The van der Waals surface area contributed by atoms with Gasteiger partial charge < -0.3 is 10.6 Å². The van der Waals surface area contributed by atoms with Crippen LogP contribution in [0.5, 0.6) is 0 Å². The van der Waals surface area contributed by atoms with Crippen molar-refractivity contribution >= 4 is 39.8 Å². The van der Waals surface area contributed by atoms with Crippen LogP contribution in [0.4, 0.5) is 10.8 Å². The summed E-state index contributed by atoms with van der Waals surface area (Å²) in [6.07, 6.45) is 0. The molecule has 1 aromatic heterocycles. The van der Waals surface area contributed by atoms with Gasteiger partial charge in [0, 0.05) is 5.69 Å². The van der Waals surface area contributed by atoms with Crippen molar-refractivity contribution in [3.8, 4) is 0 Å². The highest BCUT2D eigenvalue weighted by Crippen LogP contribution is 2.28. The van der Waals surface area contributed by atoms with Crippen LogP contribution in [0.15, 0.2) is 46.8 Å². The lowest BCUT2D eigenvalue weighted by Crippen LogP contribution is -2.28. The minimum Gasteiger partial charge on any atom is -0.349 e. The van der Waals surface area contributed by atoms with E-state index in [0.29, 0.717) is 5.75 Å². The average Bonchev–Trinajstić information content (AvgIpc) is 3.11. The molecule has 2 aromatic carbocycles. The van der Waals surface area contributed by atoms with Gasteiger partial charge in [-0.1, -0.05) is 59.5 Å². The van der Waals surface area contributed by atoms with Gasteiger partial charge in [-0.2, -0.15) is 0 Å². The quantitative estimate of drug-likeness (QED) is 0.524. The minimum absolute atomic E-state index is 0.0145. The number of rotatable bonds is 7. The normalized spacial score (nSPS) is 11.9. The summed E-state index contributed by atoms with van der Waals surface area (Å²) in [4.78, 5) is 12.3. The van der Waals surface area contributed by atoms with Gasteiger partial charge in [0.05, 0.1) is 11.8 Å². The van der Waals surface area contributed by atoms with E-state index >= 15 is 0 Å². The van der Waals surface area contributed by atoms with E-state index in [2.05, 4.69) is 52.9 Å². The SMILES string of the molecule is Cc1ccc([C@H](C)NC(=O)CSc2nnc(Nc3ccccc3C)s2)cc1C. The summed E-state index contributed by atoms with van der Waals surface area (Å²) in [6, 6.07) is 14.3. The molecule has 1 atom stereocenters. The number of nitrogens with one attached hydrogen (secondary N) is 2. The van der Waals surface area contributed by atoms with Crippen LogP contribution >= 0.6 is 23.1 Å². The van der Waals surface area contributed by atoms with E-state index in [-0.39, 0.29) is 11.9 Å². The van der Waals surface area contributed by atoms with Crippen molar-refractivity contribution < 1.29 is 4.79 Å². The van der Waals surface area contributed by atoms with Gasteiger partial charge in [-0.05, 0) is 56.0 Å². The molecule has 0 radical (unpaired) electrons. The first-order valence-electron chi connectivity index (χ1n) is 9.08. The number of amides is 1. The highest BCUT2D eigenvalue weighted by Gasteiger charge is 2.13. The number of aromatic nitrogens is 2. The van der Waals surface area contributed by atoms with Gasteiger partial charge in [0.2, 0.25) is 11.0 Å². The topological polar surface area (TPSA) is 66.9 Å². The van der Waals surface area contributed by atoms with E-state index in [1.807, 2.05) is 38.1 Å². The van der Waals surface area contributed by atoms with E-state index in [9.17, 15) is 4.79 Å². The molecular weight excluding hydrogens is 388 g/mol. The van der Waals surface area contributed by atoms with Gasteiger partial charge in [0.25, 0.3) is 0 Å². The first-order valence-corrected chi connectivity index (χ1v) is 10.9. The fourth-order valence-electron chi connectivity index (χ4n) is 2.67. The van der Waals surface area contributed by atoms with Gasteiger partial charge in [-0.15, -0.1) is 10.2 Å². The van der Waals surface area contributed by atoms with E-state index in [0.717, 1.165) is 26.3 Å². The highest BCUT2D eigenvalue weighted by molar-refractivity contribution is 8.01. The Labute approximate surface area is 174 Å². The molecule has 2 N–H and O–H groups in total. The lowest BCUT2D eigenvalue weighted by Gasteiger charge is -2.15. The molecule has 28 heavy (non-hydrogen) atoms. The molecule has 146 valence electrons. The van der Waals surface area contributed by atoms with E-state index in [4.69, 9.17) is 0 Å². The zero-order valence-electron chi connectivity index (χ0n) is 16.4. The van der Waals surface area contributed by atoms with Crippen molar-refractivity contribution in [3.05, 3.63) is 64.7 Å². The fourth-order valence-corrected chi connectivity index (χ4v) is 4.25. The molecule has 3 aromatic rings. The Morgan fingerprint density at radius 2 is 1.86 bits per heavy atom. The Bertz CT molecular complexity index is 971. The number of carbonyl (C=O) groups excluding carboxylic acids is 1. The van der Waals surface area contributed by atoms with Gasteiger partial charge in [0.1, 0.15) is 0 Å². The second kappa shape index (κ2) is 9.21. The highest BCUT2D eigenvalue weighted by atomic mass is 32.2. The maximum atomic E-state index is 12.3. The maximum Gasteiger partial charge on any atom is 0.230 e. The molecule has 0 saturated carbocycles. The maximum absolute atomic E-state index is 12.3. The van der Waals surface area contributed by atoms with Crippen LogP contribution < -0.4 is 10.6 Å². The van der Waals surface area contributed by atoms with E-state index < -0.39 is 0 Å². The van der Waals surface area contributed by atoms with Crippen molar-refractivity contribution in [1.29, 1.82) is 0 Å². The zero-order chi connectivity index (χ0) is 20.1. The van der Waals surface area contributed by atoms with E-state index in [1.54, 1.807) is 0 Å². The molecule has 5 nitrogen and oxygen atoms in total. The predicted octanol–water partition coefficient (Wildman–Crippen LogP) is 5.18. The molecular formula is C21H24N4OS2. The lowest BCUT2D eigenvalue weighted by molar-refractivity contribution is -0.119. The first-order chi connectivity index (χ1) is 13.4. The molecule has 1 amide bonds. The second-order valence-electron chi connectivity index (χ2n) is 6.73. The molecule has 0 spiro atoms. The van der Waals surface area contributed by atoms with Gasteiger partial charge in [0.15, 0.2) is 4.34 Å². The Balaban J connectivity index is 1.51. The summed E-state index contributed by atoms with van der Waals surface area (Å²) < 4.78 is 0.769. The van der Waals surface area contributed by atoms with E-state index in [1.165, 1.54) is 34.2 Å². The Kier molecular flexibility index (Phi) is 6.70. The van der Waals surface area contributed by atoms with Crippen molar-refractivity contribution in [2.75, 3.05) is 11.1 Å². The summed E-state index contributed by atoms with van der Waals surface area (Å²) in [6.45, 7) is 8.21. The van der Waals surface area contributed by atoms with Crippen LogP contribution in [-0.2, 0) is 4.79 Å². The third-order valence-corrected chi connectivity index (χ3v) is 6.50. The summed E-state index contributed by atoms with van der Waals surface area (Å²) in [5, 5.41) is 15.4. The second-order valence-corrected chi connectivity index (χ2v) is 8.93. The third-order valence-electron chi connectivity index (χ3n) is 4.53. The molecule has 3 rings (SSSR count). The van der Waals surface area contributed by atoms with Crippen LogP contribution in [0.25, 0.3) is 0 Å². The van der Waals surface area contributed by atoms with Crippen LogP contribution in [0.1, 0.15) is 35.2 Å². The van der Waals surface area contributed by atoms with Crippen LogP contribution in [0.2, 0.25) is 0 Å². The molecule has 0 saturated heterocycles. The molecule has 0 aliphatic rings. The number of aryl methyl sites for hydroxylation is 3. The summed E-state index contributed by atoms with van der Waals surface area (Å²) >= 11 is 2.85. The van der Waals surface area contributed by atoms with Crippen molar-refractivity contribution in [3.63, 3.8) is 0 Å². The Morgan fingerprint density at radius 1 is 1.07 bits per heavy atom. The average molecular weight is 413 g/mol. The molecule has 0 fully saturated rings. The monoisotopic (exact) mass is 412 g/mol. The predicted molar refractivity (Wildman–Crippen MR) is 118 cm³/mol. The standard InChI is InChI=1S/C21H24N4OS2/c1-13-9-10-17(11-15(13)3)16(4)22-19(26)12-27-21-25-24-20(28-21)23-18-8-6-5-7-14(18)2/h5-11,16H,12H2,1-4H3,(H,22,26)(H,23,24)/t16-/m0/s1. The summed E-state index contributed by atoms with van der Waals surface area (Å²) in [5.41, 5.74) is 5.75. The number of thioether (sulfide) groups is 1. The van der Waals surface area contributed by atoms with Crippen LogP contribution in [0, 0.1) is 20.8 Å². The largest absolute Gasteiger partial charge is 0.349 e.